The summed E-state index contributed by atoms with van der Waals surface area (Å²) in [5.41, 5.74) is -0.439. The standard InChI is InChI=1S/C19H21NO5/c1-13-10-17(11-18(21)23-13)25-16-8-9-20(12-16)19(22)14(2)24-15-6-4-3-5-7-15/h3-7,10-11,14,16H,8-9,12H2,1-2H3/t14-,16+/m0/s1. The van der Waals surface area contributed by atoms with Crippen molar-refractivity contribution in [3.05, 3.63) is 58.6 Å². The van der Waals surface area contributed by atoms with Crippen LogP contribution in [0.3, 0.4) is 0 Å². The third-order valence-electron chi connectivity index (χ3n) is 4.03. The van der Waals surface area contributed by atoms with E-state index in [4.69, 9.17) is 13.9 Å². The van der Waals surface area contributed by atoms with Gasteiger partial charge in [0.05, 0.1) is 12.6 Å². The average molecular weight is 343 g/mol. The molecule has 1 saturated heterocycles. The van der Waals surface area contributed by atoms with Crippen molar-refractivity contribution in [3.8, 4) is 11.5 Å². The Morgan fingerprint density at radius 1 is 1.24 bits per heavy atom. The first-order valence-corrected chi connectivity index (χ1v) is 8.30. The van der Waals surface area contributed by atoms with Gasteiger partial charge < -0.3 is 18.8 Å². The van der Waals surface area contributed by atoms with Crippen LogP contribution in [0, 0.1) is 6.92 Å². The largest absolute Gasteiger partial charge is 0.488 e. The summed E-state index contributed by atoms with van der Waals surface area (Å²) in [6.07, 6.45) is 0.00420. The molecule has 0 unspecified atom stereocenters. The third-order valence-corrected chi connectivity index (χ3v) is 4.03. The SMILES string of the molecule is Cc1cc(O[C@@H]2CCN(C(=O)[C@H](C)Oc3ccccc3)C2)cc(=O)o1. The molecule has 132 valence electrons. The first-order chi connectivity index (χ1) is 12.0. The second-order valence-corrected chi connectivity index (χ2v) is 6.11. The Hall–Kier alpha value is -2.76. The molecule has 1 aliphatic heterocycles. The highest BCUT2D eigenvalue weighted by atomic mass is 16.5. The molecule has 1 aromatic carbocycles. The maximum absolute atomic E-state index is 12.5. The number of carbonyl (C=O) groups excluding carboxylic acids is 1. The first-order valence-electron chi connectivity index (χ1n) is 8.30. The van der Waals surface area contributed by atoms with Crippen LogP contribution in [0.2, 0.25) is 0 Å². The zero-order valence-corrected chi connectivity index (χ0v) is 14.3. The van der Waals surface area contributed by atoms with Gasteiger partial charge in [0.25, 0.3) is 5.91 Å². The zero-order chi connectivity index (χ0) is 17.8. The van der Waals surface area contributed by atoms with Gasteiger partial charge in [0.1, 0.15) is 23.4 Å². The molecule has 0 bridgehead atoms. The van der Waals surface area contributed by atoms with Gasteiger partial charge in [-0.25, -0.2) is 4.79 Å². The van der Waals surface area contributed by atoms with Gasteiger partial charge in [0.15, 0.2) is 6.10 Å². The quantitative estimate of drug-likeness (QED) is 0.834. The average Bonchev–Trinajstić information content (AvgIpc) is 3.02. The van der Waals surface area contributed by atoms with Gasteiger partial charge in [-0.3, -0.25) is 4.79 Å². The predicted molar refractivity (Wildman–Crippen MR) is 91.9 cm³/mol. The summed E-state index contributed by atoms with van der Waals surface area (Å²) in [5, 5.41) is 0. The fourth-order valence-corrected chi connectivity index (χ4v) is 2.87. The number of hydrogen-bond donors (Lipinski definition) is 0. The molecule has 1 fully saturated rings. The monoisotopic (exact) mass is 343 g/mol. The van der Waals surface area contributed by atoms with Gasteiger partial charge in [0.2, 0.25) is 0 Å². The van der Waals surface area contributed by atoms with Crippen LogP contribution >= 0.6 is 0 Å². The molecule has 0 saturated carbocycles. The maximum Gasteiger partial charge on any atom is 0.339 e. The van der Waals surface area contributed by atoms with E-state index in [9.17, 15) is 9.59 Å². The van der Waals surface area contributed by atoms with E-state index >= 15 is 0 Å². The second kappa shape index (κ2) is 7.42. The van der Waals surface area contributed by atoms with Crippen LogP contribution < -0.4 is 15.1 Å². The van der Waals surface area contributed by atoms with Crippen LogP contribution in [0.1, 0.15) is 19.1 Å². The maximum atomic E-state index is 12.5. The van der Waals surface area contributed by atoms with E-state index in [-0.39, 0.29) is 12.0 Å². The highest BCUT2D eigenvalue weighted by Crippen LogP contribution is 2.20. The number of benzene rings is 1. The van der Waals surface area contributed by atoms with Crippen LogP contribution in [-0.2, 0) is 4.79 Å². The molecule has 1 amide bonds. The number of para-hydroxylation sites is 1. The van der Waals surface area contributed by atoms with Crippen LogP contribution in [0.15, 0.2) is 51.7 Å². The fraction of sp³-hybridized carbons (Fsp3) is 0.368. The highest BCUT2D eigenvalue weighted by molar-refractivity contribution is 5.81. The number of carbonyl (C=O) groups is 1. The zero-order valence-electron chi connectivity index (χ0n) is 14.3. The molecule has 0 radical (unpaired) electrons. The lowest BCUT2D eigenvalue weighted by Crippen LogP contribution is -2.40. The molecular weight excluding hydrogens is 322 g/mol. The molecule has 6 nitrogen and oxygen atoms in total. The second-order valence-electron chi connectivity index (χ2n) is 6.11. The summed E-state index contributed by atoms with van der Waals surface area (Å²) >= 11 is 0. The lowest BCUT2D eigenvalue weighted by molar-refractivity contribution is -0.137. The third kappa shape index (κ3) is 4.41. The van der Waals surface area contributed by atoms with E-state index in [0.717, 1.165) is 0 Å². The molecule has 2 heterocycles. The Balaban J connectivity index is 1.56. The van der Waals surface area contributed by atoms with E-state index in [2.05, 4.69) is 0 Å². The Kier molecular flexibility index (Phi) is 5.07. The Morgan fingerprint density at radius 2 is 2.00 bits per heavy atom. The van der Waals surface area contributed by atoms with E-state index in [1.54, 1.807) is 24.8 Å². The molecule has 1 aromatic heterocycles. The summed E-state index contributed by atoms with van der Waals surface area (Å²) in [5.74, 6) is 1.57. The molecule has 2 atom stereocenters. The van der Waals surface area contributed by atoms with Crippen LogP contribution in [-0.4, -0.2) is 36.1 Å². The Bertz CT molecular complexity index is 786. The number of rotatable bonds is 5. The number of likely N-dealkylation sites (tertiary alicyclic amines) is 1. The summed E-state index contributed by atoms with van der Waals surface area (Å²) in [6, 6.07) is 12.3. The molecule has 0 spiro atoms. The van der Waals surface area contributed by atoms with Gasteiger partial charge in [-0.15, -0.1) is 0 Å². The van der Waals surface area contributed by atoms with Gasteiger partial charge >= 0.3 is 5.63 Å². The molecule has 0 N–H and O–H groups in total. The summed E-state index contributed by atoms with van der Waals surface area (Å²) in [6.45, 7) is 4.52. The van der Waals surface area contributed by atoms with Crippen molar-refractivity contribution >= 4 is 5.91 Å². The minimum Gasteiger partial charge on any atom is -0.488 e. The molecule has 2 aromatic rings. The van der Waals surface area contributed by atoms with Crippen molar-refractivity contribution in [2.24, 2.45) is 0 Å². The lowest BCUT2D eigenvalue weighted by atomic mass is 10.3. The topological polar surface area (TPSA) is 69.0 Å². The minimum atomic E-state index is -0.563. The Morgan fingerprint density at radius 3 is 2.72 bits per heavy atom. The van der Waals surface area contributed by atoms with Crippen molar-refractivity contribution in [3.63, 3.8) is 0 Å². The van der Waals surface area contributed by atoms with E-state index in [1.165, 1.54) is 6.07 Å². The van der Waals surface area contributed by atoms with Crippen LogP contribution in [0.4, 0.5) is 0 Å². The van der Waals surface area contributed by atoms with E-state index in [1.807, 2.05) is 30.3 Å². The van der Waals surface area contributed by atoms with E-state index < -0.39 is 11.7 Å². The van der Waals surface area contributed by atoms with Crippen LogP contribution in [0.5, 0.6) is 11.5 Å². The van der Waals surface area contributed by atoms with Crippen molar-refractivity contribution in [1.82, 2.24) is 4.90 Å². The fourth-order valence-electron chi connectivity index (χ4n) is 2.87. The number of amides is 1. The number of nitrogens with zero attached hydrogens (tertiary/aromatic N) is 1. The van der Waals surface area contributed by atoms with Crippen molar-refractivity contribution < 1.29 is 18.7 Å². The van der Waals surface area contributed by atoms with Gasteiger partial charge in [-0.05, 0) is 26.0 Å². The minimum absolute atomic E-state index is 0.0706. The number of hydrogen-bond acceptors (Lipinski definition) is 5. The van der Waals surface area contributed by atoms with Gasteiger partial charge in [0, 0.05) is 19.0 Å². The smallest absolute Gasteiger partial charge is 0.339 e. The molecule has 25 heavy (non-hydrogen) atoms. The predicted octanol–water partition coefficient (Wildman–Crippen LogP) is 2.40. The molecule has 1 aliphatic rings. The summed E-state index contributed by atoms with van der Waals surface area (Å²) in [4.78, 5) is 25.7. The molecule has 0 aliphatic carbocycles. The van der Waals surface area contributed by atoms with Gasteiger partial charge in [-0.1, -0.05) is 18.2 Å². The highest BCUT2D eigenvalue weighted by Gasteiger charge is 2.31. The van der Waals surface area contributed by atoms with Crippen molar-refractivity contribution in [2.45, 2.75) is 32.5 Å². The van der Waals surface area contributed by atoms with Crippen LogP contribution in [0.25, 0.3) is 0 Å². The Labute approximate surface area is 146 Å². The first kappa shape index (κ1) is 17.1. The lowest BCUT2D eigenvalue weighted by Gasteiger charge is -2.22. The van der Waals surface area contributed by atoms with Crippen molar-refractivity contribution in [2.75, 3.05) is 13.1 Å². The van der Waals surface area contributed by atoms with E-state index in [0.29, 0.717) is 36.8 Å². The number of aryl methyl sites for hydroxylation is 1. The molecule has 6 heteroatoms. The molecule has 3 rings (SSSR count). The molecular formula is C19H21NO5. The normalized spacial score (nSPS) is 18.0. The summed E-state index contributed by atoms with van der Waals surface area (Å²) < 4.78 is 16.4. The summed E-state index contributed by atoms with van der Waals surface area (Å²) in [7, 11) is 0. The number of ether oxygens (including phenoxy) is 2. The van der Waals surface area contributed by atoms with Crippen molar-refractivity contribution in [1.29, 1.82) is 0 Å². The van der Waals surface area contributed by atoms with Gasteiger partial charge in [-0.2, -0.15) is 0 Å².